The van der Waals surface area contributed by atoms with Gasteiger partial charge in [-0.1, -0.05) is 6.07 Å². The number of para-hydroxylation sites is 1. The number of ether oxygens (including phenoxy) is 2. The molecule has 1 aromatic rings. The van der Waals surface area contributed by atoms with Gasteiger partial charge in [-0.05, 0) is 44.0 Å². The summed E-state index contributed by atoms with van der Waals surface area (Å²) in [4.78, 5) is 12.3. The van der Waals surface area contributed by atoms with Crippen molar-refractivity contribution >= 4 is 5.91 Å². The van der Waals surface area contributed by atoms with E-state index in [1.807, 2.05) is 0 Å². The van der Waals surface area contributed by atoms with E-state index in [9.17, 15) is 4.79 Å². The lowest BCUT2D eigenvalue weighted by atomic mass is 9.99. The normalized spacial score (nSPS) is 18.4. The van der Waals surface area contributed by atoms with E-state index < -0.39 is 0 Å². The van der Waals surface area contributed by atoms with Crippen LogP contribution in [0, 0.1) is 5.92 Å². The van der Waals surface area contributed by atoms with E-state index >= 15 is 0 Å². The molecule has 1 atom stereocenters. The van der Waals surface area contributed by atoms with Crippen molar-refractivity contribution in [3.8, 4) is 11.5 Å². The number of hydrogen-bond acceptors (Lipinski definition) is 4. The molecular weight excluding hydrogens is 256 g/mol. The SMILES string of the molecule is COc1cccc(C(=O)NCC2CCCNC2)c1OC. The zero-order valence-corrected chi connectivity index (χ0v) is 12.1. The Hall–Kier alpha value is -1.75. The fraction of sp³-hybridized carbons (Fsp3) is 0.533. The predicted molar refractivity (Wildman–Crippen MR) is 77.5 cm³/mol. The molecule has 5 heteroatoms. The van der Waals surface area contributed by atoms with Gasteiger partial charge in [0.1, 0.15) is 0 Å². The first-order chi connectivity index (χ1) is 9.76. The molecule has 1 fully saturated rings. The summed E-state index contributed by atoms with van der Waals surface area (Å²) in [5.74, 6) is 1.43. The number of amides is 1. The second-order valence-corrected chi connectivity index (χ2v) is 4.96. The van der Waals surface area contributed by atoms with Gasteiger partial charge in [-0.25, -0.2) is 0 Å². The Kier molecular flexibility index (Phi) is 5.24. The van der Waals surface area contributed by atoms with Crippen molar-refractivity contribution in [1.29, 1.82) is 0 Å². The Morgan fingerprint density at radius 2 is 2.25 bits per heavy atom. The van der Waals surface area contributed by atoms with Gasteiger partial charge in [-0.15, -0.1) is 0 Å². The van der Waals surface area contributed by atoms with Crippen LogP contribution in [0.25, 0.3) is 0 Å². The summed E-state index contributed by atoms with van der Waals surface area (Å²) in [6.45, 7) is 2.73. The molecule has 1 heterocycles. The number of carbonyl (C=O) groups excluding carboxylic acids is 1. The molecule has 0 spiro atoms. The maximum atomic E-state index is 12.3. The van der Waals surface area contributed by atoms with Crippen molar-refractivity contribution in [2.45, 2.75) is 12.8 Å². The molecule has 1 aliphatic heterocycles. The van der Waals surface area contributed by atoms with Gasteiger partial charge in [0.25, 0.3) is 5.91 Å². The van der Waals surface area contributed by atoms with Gasteiger partial charge in [0, 0.05) is 6.54 Å². The molecule has 1 aromatic carbocycles. The maximum Gasteiger partial charge on any atom is 0.255 e. The number of rotatable bonds is 5. The van der Waals surface area contributed by atoms with E-state index in [1.54, 1.807) is 32.4 Å². The summed E-state index contributed by atoms with van der Waals surface area (Å²) in [6, 6.07) is 5.31. The number of piperidine rings is 1. The Morgan fingerprint density at radius 1 is 1.40 bits per heavy atom. The summed E-state index contributed by atoms with van der Waals surface area (Å²) in [5, 5.41) is 6.32. The Bertz CT molecular complexity index is 456. The van der Waals surface area contributed by atoms with Crippen molar-refractivity contribution < 1.29 is 14.3 Å². The van der Waals surface area contributed by atoms with Gasteiger partial charge < -0.3 is 20.1 Å². The van der Waals surface area contributed by atoms with Crippen LogP contribution in [0.1, 0.15) is 23.2 Å². The topological polar surface area (TPSA) is 59.6 Å². The molecule has 2 rings (SSSR count). The summed E-state index contributed by atoms with van der Waals surface area (Å²) in [6.07, 6.45) is 2.32. The van der Waals surface area contributed by atoms with Crippen molar-refractivity contribution in [3.05, 3.63) is 23.8 Å². The van der Waals surface area contributed by atoms with Crippen LogP contribution in [-0.2, 0) is 0 Å². The molecule has 0 bridgehead atoms. The van der Waals surface area contributed by atoms with Gasteiger partial charge >= 0.3 is 0 Å². The van der Waals surface area contributed by atoms with Gasteiger partial charge in [0.05, 0.1) is 19.8 Å². The van der Waals surface area contributed by atoms with E-state index in [0.29, 0.717) is 29.5 Å². The van der Waals surface area contributed by atoms with Crippen molar-refractivity contribution in [2.24, 2.45) is 5.92 Å². The maximum absolute atomic E-state index is 12.3. The molecule has 0 aromatic heterocycles. The largest absolute Gasteiger partial charge is 0.493 e. The third-order valence-corrected chi connectivity index (χ3v) is 3.60. The lowest BCUT2D eigenvalue weighted by Gasteiger charge is -2.23. The minimum Gasteiger partial charge on any atom is -0.493 e. The zero-order valence-electron chi connectivity index (χ0n) is 12.1. The van der Waals surface area contributed by atoms with Crippen LogP contribution in [0.4, 0.5) is 0 Å². The van der Waals surface area contributed by atoms with E-state index in [2.05, 4.69) is 10.6 Å². The summed E-state index contributed by atoms with van der Waals surface area (Å²) >= 11 is 0. The van der Waals surface area contributed by atoms with E-state index in [0.717, 1.165) is 19.5 Å². The van der Waals surface area contributed by atoms with E-state index in [1.165, 1.54) is 6.42 Å². The minimum absolute atomic E-state index is 0.119. The third kappa shape index (κ3) is 3.42. The first-order valence-corrected chi connectivity index (χ1v) is 6.96. The van der Waals surface area contributed by atoms with Gasteiger partial charge in [-0.2, -0.15) is 0 Å². The molecule has 1 unspecified atom stereocenters. The number of carbonyl (C=O) groups is 1. The average Bonchev–Trinajstić information content (AvgIpc) is 2.52. The van der Waals surface area contributed by atoms with Crippen LogP contribution in [0.3, 0.4) is 0 Å². The number of methoxy groups -OCH3 is 2. The molecule has 0 aliphatic carbocycles. The summed E-state index contributed by atoms with van der Waals surface area (Å²) in [5.41, 5.74) is 0.510. The summed E-state index contributed by atoms with van der Waals surface area (Å²) < 4.78 is 10.5. The van der Waals surface area contributed by atoms with Crippen molar-refractivity contribution in [3.63, 3.8) is 0 Å². The highest BCUT2D eigenvalue weighted by Gasteiger charge is 2.18. The molecule has 0 saturated carbocycles. The van der Waals surface area contributed by atoms with E-state index in [4.69, 9.17) is 9.47 Å². The molecule has 20 heavy (non-hydrogen) atoms. The molecule has 2 N–H and O–H groups in total. The fourth-order valence-electron chi connectivity index (χ4n) is 2.50. The molecule has 1 saturated heterocycles. The second-order valence-electron chi connectivity index (χ2n) is 4.96. The Labute approximate surface area is 119 Å². The lowest BCUT2D eigenvalue weighted by Crippen LogP contribution is -2.38. The number of benzene rings is 1. The van der Waals surface area contributed by atoms with Crippen LogP contribution >= 0.6 is 0 Å². The highest BCUT2D eigenvalue weighted by atomic mass is 16.5. The molecule has 5 nitrogen and oxygen atoms in total. The van der Waals surface area contributed by atoms with Gasteiger partial charge in [-0.3, -0.25) is 4.79 Å². The number of hydrogen-bond donors (Lipinski definition) is 2. The minimum atomic E-state index is -0.119. The number of nitrogens with one attached hydrogen (secondary N) is 2. The molecule has 0 radical (unpaired) electrons. The second kappa shape index (κ2) is 7.14. The van der Waals surface area contributed by atoms with Gasteiger partial charge in [0.2, 0.25) is 0 Å². The standard InChI is InChI=1S/C15H22N2O3/c1-19-13-7-3-6-12(14(13)20-2)15(18)17-10-11-5-4-8-16-9-11/h3,6-7,11,16H,4-5,8-10H2,1-2H3,(H,17,18). The predicted octanol–water partition coefficient (Wildman–Crippen LogP) is 1.43. The summed E-state index contributed by atoms with van der Waals surface area (Å²) in [7, 11) is 3.10. The van der Waals surface area contributed by atoms with Crippen LogP contribution in [0.5, 0.6) is 11.5 Å². The quantitative estimate of drug-likeness (QED) is 0.855. The Balaban J connectivity index is 2.01. The van der Waals surface area contributed by atoms with Crippen molar-refractivity contribution in [2.75, 3.05) is 33.9 Å². The van der Waals surface area contributed by atoms with Crippen LogP contribution in [0.15, 0.2) is 18.2 Å². The van der Waals surface area contributed by atoms with Crippen molar-refractivity contribution in [1.82, 2.24) is 10.6 Å². The van der Waals surface area contributed by atoms with Crippen LogP contribution < -0.4 is 20.1 Å². The molecule has 1 aliphatic rings. The molecule has 1 amide bonds. The van der Waals surface area contributed by atoms with Crippen LogP contribution in [0.2, 0.25) is 0 Å². The smallest absolute Gasteiger partial charge is 0.255 e. The highest BCUT2D eigenvalue weighted by molar-refractivity contribution is 5.97. The fourth-order valence-corrected chi connectivity index (χ4v) is 2.50. The first kappa shape index (κ1) is 14.7. The molecular formula is C15H22N2O3. The lowest BCUT2D eigenvalue weighted by molar-refractivity contribution is 0.0941. The van der Waals surface area contributed by atoms with Crippen LogP contribution in [-0.4, -0.2) is 39.8 Å². The highest BCUT2D eigenvalue weighted by Crippen LogP contribution is 2.30. The molecule has 110 valence electrons. The average molecular weight is 278 g/mol. The van der Waals surface area contributed by atoms with E-state index in [-0.39, 0.29) is 5.91 Å². The van der Waals surface area contributed by atoms with Gasteiger partial charge in [0.15, 0.2) is 11.5 Å². The zero-order chi connectivity index (χ0) is 14.4. The third-order valence-electron chi connectivity index (χ3n) is 3.60. The first-order valence-electron chi connectivity index (χ1n) is 6.96. The monoisotopic (exact) mass is 278 g/mol. The Morgan fingerprint density at radius 3 is 2.90 bits per heavy atom.